The van der Waals surface area contributed by atoms with E-state index in [0.717, 1.165) is 25.0 Å². The average Bonchev–Trinajstić information content (AvgIpc) is 3.75. The number of ether oxygens (including phenoxy) is 4. The molecule has 1 unspecified atom stereocenters. The lowest BCUT2D eigenvalue weighted by Gasteiger charge is -2.18. The molecule has 0 saturated carbocycles. The van der Waals surface area contributed by atoms with Gasteiger partial charge in [0, 0.05) is 59.5 Å². The Morgan fingerprint density at radius 3 is 2.38 bits per heavy atom. The van der Waals surface area contributed by atoms with Crippen molar-refractivity contribution in [3.05, 3.63) is 76.2 Å². The molecule has 2 saturated heterocycles. The van der Waals surface area contributed by atoms with Gasteiger partial charge in [-0.15, -0.1) is 0 Å². The highest BCUT2D eigenvalue weighted by atomic mass is 32.2. The number of azide groups is 1. The molecule has 4 amide bonds. The predicted octanol–water partition coefficient (Wildman–Crippen LogP) is 4.39. The van der Waals surface area contributed by atoms with Crippen LogP contribution in [0.1, 0.15) is 73.4 Å². The molecule has 2 aliphatic heterocycles. The summed E-state index contributed by atoms with van der Waals surface area (Å²) in [4.78, 5) is 64.9. The lowest BCUT2D eigenvalue weighted by Crippen LogP contribution is -2.36. The topological polar surface area (TPSA) is 219 Å². The minimum atomic E-state index is -1.21. The second kappa shape index (κ2) is 24.6. The van der Waals surface area contributed by atoms with E-state index in [1.807, 2.05) is 11.8 Å². The summed E-state index contributed by atoms with van der Waals surface area (Å²) in [7, 11) is 0. The summed E-state index contributed by atoms with van der Waals surface area (Å²) in [5, 5.41) is 15.4. The van der Waals surface area contributed by atoms with Crippen molar-refractivity contribution < 1.29 is 42.9 Å². The van der Waals surface area contributed by atoms with Crippen molar-refractivity contribution in [2.24, 2.45) is 5.11 Å². The number of carbonyl (C=O) groups is 5. The van der Waals surface area contributed by atoms with E-state index in [1.165, 1.54) is 0 Å². The second-order valence-electron chi connectivity index (χ2n) is 13.0. The van der Waals surface area contributed by atoms with Gasteiger partial charge < -0.3 is 40.2 Å². The van der Waals surface area contributed by atoms with Crippen molar-refractivity contribution in [2.75, 3.05) is 58.4 Å². The normalized spacial score (nSPS) is 17.5. The van der Waals surface area contributed by atoms with Gasteiger partial charge in [-0.1, -0.05) is 60.4 Å². The molecule has 55 heavy (non-hydrogen) atoms. The number of esters is 1. The number of nitrogens with zero attached hydrogens (tertiary/aromatic N) is 3. The molecule has 298 valence electrons. The number of urea groups is 1. The van der Waals surface area contributed by atoms with Gasteiger partial charge in [0.1, 0.15) is 5.75 Å². The van der Waals surface area contributed by atoms with E-state index in [0.29, 0.717) is 80.7 Å². The molecule has 2 heterocycles. The maximum Gasteiger partial charge on any atom is 0.315 e. The molecule has 4 N–H and O–H groups in total. The fourth-order valence-electron chi connectivity index (χ4n) is 6.07. The molecule has 0 aliphatic carbocycles. The van der Waals surface area contributed by atoms with Gasteiger partial charge >= 0.3 is 12.0 Å². The first-order chi connectivity index (χ1) is 26.8. The van der Waals surface area contributed by atoms with Crippen molar-refractivity contribution in [3.8, 4) is 5.75 Å². The second-order valence-corrected chi connectivity index (χ2v) is 14.3. The number of thioether (sulfide) groups is 1. The minimum Gasteiger partial charge on any atom is -0.484 e. The van der Waals surface area contributed by atoms with Crippen LogP contribution in [0.15, 0.2) is 59.7 Å². The molecule has 4 rings (SSSR count). The summed E-state index contributed by atoms with van der Waals surface area (Å²) in [6.07, 6.45) is 3.91. The fraction of sp³-hybridized carbons (Fsp3) is 0.553. The van der Waals surface area contributed by atoms with E-state index in [9.17, 15) is 24.0 Å². The highest BCUT2D eigenvalue weighted by Crippen LogP contribution is 2.33. The van der Waals surface area contributed by atoms with Gasteiger partial charge in [-0.2, -0.15) is 11.8 Å². The predicted molar refractivity (Wildman–Crippen MR) is 206 cm³/mol. The van der Waals surface area contributed by atoms with Crippen LogP contribution >= 0.6 is 11.8 Å². The van der Waals surface area contributed by atoms with Crippen molar-refractivity contribution in [3.63, 3.8) is 0 Å². The maximum atomic E-state index is 13.4. The van der Waals surface area contributed by atoms with Crippen LogP contribution in [0.25, 0.3) is 10.4 Å². The quantitative estimate of drug-likeness (QED) is 0.0146. The summed E-state index contributed by atoms with van der Waals surface area (Å²) in [5.74, 6) is -0.0334. The Morgan fingerprint density at radius 1 is 0.873 bits per heavy atom. The van der Waals surface area contributed by atoms with Crippen LogP contribution in [-0.4, -0.2) is 105 Å². The SMILES string of the molecule is [N-]=[N+]=N[13CH2][13CH2][13CH2][13CH2][13CH2][13C](=O)OC(C(=O)c1ccccc1)c1cccc(OCC(=O)NCCOCCOCCNC(=O)CCCC[C@@H]2SC[C@@H]3NC(=O)N[C@@H]32)c1. The molecule has 0 bridgehead atoms. The average molecular weight is 788 g/mol. The zero-order chi connectivity index (χ0) is 39.1. The van der Waals surface area contributed by atoms with Crippen LogP contribution in [0.3, 0.4) is 0 Å². The smallest absolute Gasteiger partial charge is 0.315 e. The van der Waals surface area contributed by atoms with Gasteiger partial charge in [-0.25, -0.2) is 4.79 Å². The number of hydrogen-bond acceptors (Lipinski definition) is 11. The van der Waals surface area contributed by atoms with Gasteiger partial charge in [0.25, 0.3) is 5.91 Å². The van der Waals surface area contributed by atoms with Crippen molar-refractivity contribution in [1.82, 2.24) is 21.3 Å². The number of fused-ring (bicyclic) bond motifs is 1. The Balaban J connectivity index is 1.04. The van der Waals surface area contributed by atoms with Crippen LogP contribution in [0.4, 0.5) is 4.79 Å². The molecule has 4 atom stereocenters. The summed E-state index contributed by atoms with van der Waals surface area (Å²) >= 11 is 1.88. The summed E-state index contributed by atoms with van der Waals surface area (Å²) in [6.45, 7) is 2.06. The Bertz CT molecular complexity index is 1590. The summed E-state index contributed by atoms with van der Waals surface area (Å²) in [6, 6.07) is 15.4. The van der Waals surface area contributed by atoms with Gasteiger partial charge in [0.15, 0.2) is 12.7 Å². The van der Waals surface area contributed by atoms with Gasteiger partial charge in [0.2, 0.25) is 11.7 Å². The molecule has 2 aromatic carbocycles. The fourth-order valence-corrected chi connectivity index (χ4v) is 7.61. The molecule has 2 aromatic rings. The zero-order valence-corrected chi connectivity index (χ0v) is 31.8. The van der Waals surface area contributed by atoms with Crippen LogP contribution in [0, 0.1) is 0 Å². The van der Waals surface area contributed by atoms with Gasteiger partial charge in [-0.05, 0) is 43.3 Å². The molecular weight excluding hydrogens is 736 g/mol. The highest BCUT2D eigenvalue weighted by Gasteiger charge is 2.42. The number of benzene rings is 2. The van der Waals surface area contributed by atoms with Crippen LogP contribution in [0.5, 0.6) is 5.75 Å². The van der Waals surface area contributed by atoms with Crippen molar-refractivity contribution in [2.45, 2.75) is 74.8 Å². The third kappa shape index (κ3) is 15.8. The summed E-state index contributed by atoms with van der Waals surface area (Å²) < 4.78 is 22.4. The molecule has 0 aromatic heterocycles. The Hall–Kier alpha value is -4.83. The summed E-state index contributed by atoms with van der Waals surface area (Å²) in [5.41, 5.74) is 9.18. The van der Waals surface area contributed by atoms with Crippen molar-refractivity contribution >= 4 is 41.4 Å². The minimum absolute atomic E-state index is 0.00752. The number of rotatable bonds is 27. The van der Waals surface area contributed by atoms with E-state index in [4.69, 9.17) is 24.5 Å². The number of hydrogen-bond donors (Lipinski definition) is 4. The maximum absolute atomic E-state index is 13.4. The van der Waals surface area contributed by atoms with Crippen LogP contribution in [-0.2, 0) is 28.6 Å². The number of ketones is 1. The zero-order valence-electron chi connectivity index (χ0n) is 31.0. The molecule has 2 aliphatic rings. The molecule has 0 spiro atoms. The number of amides is 4. The standard InChI is InChI=1S/C38H51N7O9S/c39-45-42-17-8-2-5-16-34(48)54-37(36(49)27-10-3-1-4-11-27)28-12-9-13-29(24-28)53-25-33(47)41-19-21-52-23-22-51-20-18-40-32(46)15-7-6-14-31-35-30(26-55-31)43-38(50)44-35/h1,3-4,9-13,24,30-31,35,37H,2,5-8,14-23,25-26H2,(H,40,46)(H,41,47)(H2,43,44,50)/t30-,31-,35-,37?/m0/s1/i2+1,5+1,8+1,16+1,17+1,34+1. The number of unbranched alkanes of at least 4 members (excludes halogenated alkanes) is 3. The molecule has 2 fully saturated rings. The monoisotopic (exact) mass is 787 g/mol. The Labute approximate surface area is 325 Å². The molecular formula is C38H51N7O9S. The lowest BCUT2D eigenvalue weighted by atomic mass is 10.00. The van der Waals surface area contributed by atoms with E-state index >= 15 is 0 Å². The van der Waals surface area contributed by atoms with Crippen molar-refractivity contribution in [1.29, 1.82) is 0 Å². The molecule has 16 nitrogen and oxygen atoms in total. The largest absolute Gasteiger partial charge is 0.484 e. The van der Waals surface area contributed by atoms with Crippen LogP contribution in [0.2, 0.25) is 0 Å². The Kier molecular flexibility index (Phi) is 19.2. The van der Waals surface area contributed by atoms with Gasteiger partial charge in [0.05, 0.1) is 38.5 Å². The third-order valence-corrected chi connectivity index (χ3v) is 10.4. The first-order valence-corrected chi connectivity index (χ1v) is 19.8. The van der Waals surface area contributed by atoms with E-state index in [2.05, 4.69) is 31.3 Å². The highest BCUT2D eigenvalue weighted by molar-refractivity contribution is 8.00. The number of Topliss-reactive ketones (excluding diaryl/α,β-unsaturated/α-hetero) is 1. The van der Waals surface area contributed by atoms with Gasteiger partial charge in [-0.3, -0.25) is 19.2 Å². The third-order valence-electron chi connectivity index (χ3n) is 8.87. The van der Waals surface area contributed by atoms with Crippen LogP contribution < -0.4 is 26.0 Å². The van der Waals surface area contributed by atoms with E-state index in [1.54, 1.807) is 54.6 Å². The van der Waals surface area contributed by atoms with E-state index < -0.39 is 12.1 Å². The molecule has 17 heteroatoms. The lowest BCUT2D eigenvalue weighted by molar-refractivity contribution is -0.147. The molecule has 0 radical (unpaired) electrons. The first-order valence-electron chi connectivity index (χ1n) is 18.7. The first kappa shape index (κ1) is 42.9. The van der Waals surface area contributed by atoms with E-state index in [-0.39, 0.29) is 61.9 Å². The number of nitrogens with one attached hydrogen (secondary N) is 4. The number of carbonyl (C=O) groups excluding carboxylic acids is 5. The Morgan fingerprint density at radius 2 is 1.62 bits per heavy atom.